The molecular weight excluding hydrogens is 412 g/mol. The summed E-state index contributed by atoms with van der Waals surface area (Å²) in [6, 6.07) is 5.74. The highest BCUT2D eigenvalue weighted by Crippen LogP contribution is 2.41. The minimum absolute atomic E-state index is 0.0340. The van der Waals surface area contributed by atoms with E-state index in [0.717, 1.165) is 61.5 Å². The number of carbonyl (C=O) groups is 2. The minimum Gasteiger partial charge on any atom is -0.449 e. The summed E-state index contributed by atoms with van der Waals surface area (Å²) in [6.07, 6.45) is 6.65. The number of nitrogens with two attached hydrogens (primary N) is 1. The summed E-state index contributed by atoms with van der Waals surface area (Å²) in [4.78, 5) is 32.0. The number of likely N-dealkylation sites (tertiary alicyclic amines) is 1. The van der Waals surface area contributed by atoms with Gasteiger partial charge < -0.3 is 20.7 Å². The SMILES string of the molecule is CC(CC(=O)Nc1sc2c(c1N)CCC(COC(=O)N1CCCC1)C2)c1ccccn1. The summed E-state index contributed by atoms with van der Waals surface area (Å²) in [5, 5.41) is 3.74. The topological polar surface area (TPSA) is 97.6 Å². The number of thiophene rings is 1. The van der Waals surface area contributed by atoms with E-state index in [1.54, 1.807) is 22.4 Å². The minimum atomic E-state index is -0.191. The quantitative estimate of drug-likeness (QED) is 0.699. The first-order valence-electron chi connectivity index (χ1n) is 11.0. The fraction of sp³-hybridized carbons (Fsp3) is 0.522. The summed E-state index contributed by atoms with van der Waals surface area (Å²) in [6.45, 7) is 4.04. The second kappa shape index (κ2) is 9.68. The Hall–Kier alpha value is -2.61. The number of anilines is 2. The number of ether oxygens (including phenoxy) is 1. The molecule has 1 saturated heterocycles. The van der Waals surface area contributed by atoms with Crippen LogP contribution in [0.2, 0.25) is 0 Å². The van der Waals surface area contributed by atoms with E-state index in [9.17, 15) is 9.59 Å². The first-order chi connectivity index (χ1) is 15.0. The number of aromatic nitrogens is 1. The Balaban J connectivity index is 1.31. The normalized spacial score (nSPS) is 19.0. The Morgan fingerprint density at radius 3 is 2.90 bits per heavy atom. The first-order valence-corrected chi connectivity index (χ1v) is 11.9. The van der Waals surface area contributed by atoms with E-state index >= 15 is 0 Å². The summed E-state index contributed by atoms with van der Waals surface area (Å²) >= 11 is 1.55. The molecule has 3 N–H and O–H groups in total. The standard InChI is InChI=1S/C23H30N4O3S/c1-15(18-6-2-3-9-25-18)12-20(28)26-22-21(24)17-8-7-16(13-19(17)31-22)14-30-23(29)27-10-4-5-11-27/h2-3,6,9,15-16H,4-5,7-8,10-14,24H2,1H3,(H,26,28). The van der Waals surface area contributed by atoms with Crippen LogP contribution in [-0.2, 0) is 22.4 Å². The third kappa shape index (κ3) is 5.18. The summed E-state index contributed by atoms with van der Waals surface area (Å²) < 4.78 is 5.55. The van der Waals surface area contributed by atoms with E-state index in [2.05, 4.69) is 10.3 Å². The van der Waals surface area contributed by atoms with Gasteiger partial charge in [0.15, 0.2) is 0 Å². The molecule has 2 aromatic rings. The lowest BCUT2D eigenvalue weighted by Crippen LogP contribution is -2.30. The van der Waals surface area contributed by atoms with Crippen molar-refractivity contribution >= 4 is 34.0 Å². The second-order valence-corrected chi connectivity index (χ2v) is 9.64. The van der Waals surface area contributed by atoms with Crippen molar-refractivity contribution < 1.29 is 14.3 Å². The molecule has 1 aliphatic carbocycles. The number of nitrogens with zero attached hydrogens (tertiary/aromatic N) is 2. The summed E-state index contributed by atoms with van der Waals surface area (Å²) in [5.41, 5.74) is 9.09. The zero-order valence-electron chi connectivity index (χ0n) is 17.9. The largest absolute Gasteiger partial charge is 0.449 e. The number of pyridine rings is 1. The fourth-order valence-corrected chi connectivity index (χ4v) is 5.62. The average Bonchev–Trinajstić information content (AvgIpc) is 3.41. The smallest absolute Gasteiger partial charge is 0.409 e. The van der Waals surface area contributed by atoms with Crippen LogP contribution < -0.4 is 11.1 Å². The van der Waals surface area contributed by atoms with Gasteiger partial charge in [-0.15, -0.1) is 11.3 Å². The molecule has 7 nitrogen and oxygen atoms in total. The Morgan fingerprint density at radius 1 is 1.35 bits per heavy atom. The molecule has 2 aliphatic rings. The van der Waals surface area contributed by atoms with Crippen LogP contribution in [0.25, 0.3) is 0 Å². The molecule has 2 unspecified atom stereocenters. The van der Waals surface area contributed by atoms with Crippen molar-refractivity contribution in [3.8, 4) is 0 Å². The van der Waals surface area contributed by atoms with E-state index in [0.29, 0.717) is 24.6 Å². The average molecular weight is 443 g/mol. The van der Waals surface area contributed by atoms with Crippen LogP contribution in [0.4, 0.5) is 15.5 Å². The van der Waals surface area contributed by atoms with Gasteiger partial charge in [0, 0.05) is 42.2 Å². The Labute approximate surface area is 187 Å². The molecule has 0 spiro atoms. The van der Waals surface area contributed by atoms with Crippen molar-refractivity contribution in [1.29, 1.82) is 0 Å². The van der Waals surface area contributed by atoms with Gasteiger partial charge in [-0.1, -0.05) is 13.0 Å². The third-order valence-electron chi connectivity index (χ3n) is 6.15. The number of hydrogen-bond acceptors (Lipinski definition) is 6. The van der Waals surface area contributed by atoms with Gasteiger partial charge in [-0.3, -0.25) is 9.78 Å². The molecule has 4 rings (SSSR count). The lowest BCUT2D eigenvalue weighted by atomic mass is 9.89. The van der Waals surface area contributed by atoms with E-state index in [-0.39, 0.29) is 17.9 Å². The number of amides is 2. The fourth-order valence-electron chi connectivity index (χ4n) is 4.32. The predicted octanol–water partition coefficient (Wildman–Crippen LogP) is 4.19. The number of nitrogens with one attached hydrogen (secondary N) is 1. The van der Waals surface area contributed by atoms with Crippen molar-refractivity contribution in [2.45, 2.75) is 51.4 Å². The zero-order chi connectivity index (χ0) is 21.8. The van der Waals surface area contributed by atoms with Crippen molar-refractivity contribution in [3.05, 3.63) is 40.5 Å². The summed E-state index contributed by atoms with van der Waals surface area (Å²) in [5.74, 6) is 0.274. The third-order valence-corrected chi connectivity index (χ3v) is 7.34. The molecule has 0 aromatic carbocycles. The number of rotatable bonds is 6. The lowest BCUT2D eigenvalue weighted by molar-refractivity contribution is -0.116. The maximum absolute atomic E-state index is 12.6. The molecule has 8 heteroatoms. The first kappa shape index (κ1) is 21.6. The zero-order valence-corrected chi connectivity index (χ0v) is 18.7. The van der Waals surface area contributed by atoms with Crippen LogP contribution in [0.1, 0.15) is 54.7 Å². The van der Waals surface area contributed by atoms with Crippen LogP contribution in [0.15, 0.2) is 24.4 Å². The highest BCUT2D eigenvalue weighted by atomic mass is 32.1. The molecule has 0 radical (unpaired) electrons. The van der Waals surface area contributed by atoms with Gasteiger partial charge in [-0.25, -0.2) is 4.79 Å². The molecular formula is C23H30N4O3S. The highest BCUT2D eigenvalue weighted by Gasteiger charge is 2.27. The van der Waals surface area contributed by atoms with Crippen LogP contribution in [0.5, 0.6) is 0 Å². The molecule has 0 saturated carbocycles. The van der Waals surface area contributed by atoms with E-state index in [1.807, 2.05) is 25.1 Å². The molecule has 0 bridgehead atoms. The van der Waals surface area contributed by atoms with Crippen LogP contribution in [0.3, 0.4) is 0 Å². The van der Waals surface area contributed by atoms with Gasteiger partial charge in [0.25, 0.3) is 0 Å². The second-order valence-electron chi connectivity index (χ2n) is 8.53. The Bertz CT molecular complexity index is 924. The van der Waals surface area contributed by atoms with Crippen molar-refractivity contribution in [3.63, 3.8) is 0 Å². The lowest BCUT2D eigenvalue weighted by Gasteiger charge is -2.23. The molecule has 166 valence electrons. The maximum Gasteiger partial charge on any atom is 0.409 e. The molecule has 1 fully saturated rings. The van der Waals surface area contributed by atoms with Crippen molar-refractivity contribution in [2.75, 3.05) is 30.7 Å². The number of hydrogen-bond donors (Lipinski definition) is 2. The molecule has 31 heavy (non-hydrogen) atoms. The van der Waals surface area contributed by atoms with Crippen molar-refractivity contribution in [2.24, 2.45) is 5.92 Å². The van der Waals surface area contributed by atoms with E-state index in [4.69, 9.17) is 10.5 Å². The highest BCUT2D eigenvalue weighted by molar-refractivity contribution is 7.17. The van der Waals surface area contributed by atoms with E-state index < -0.39 is 0 Å². The van der Waals surface area contributed by atoms with Gasteiger partial charge in [0.1, 0.15) is 5.00 Å². The molecule has 2 amide bonds. The van der Waals surface area contributed by atoms with Gasteiger partial charge in [0.2, 0.25) is 5.91 Å². The van der Waals surface area contributed by atoms with E-state index in [1.165, 1.54) is 4.88 Å². The molecule has 1 aliphatic heterocycles. The molecule has 3 heterocycles. The predicted molar refractivity (Wildman–Crippen MR) is 122 cm³/mol. The number of fused-ring (bicyclic) bond motifs is 1. The van der Waals surface area contributed by atoms with Crippen LogP contribution >= 0.6 is 11.3 Å². The van der Waals surface area contributed by atoms with Gasteiger partial charge in [-0.05, 0) is 55.7 Å². The number of nitrogen functional groups attached to an aromatic ring is 1. The van der Waals surface area contributed by atoms with Crippen LogP contribution in [-0.4, -0.2) is 41.6 Å². The number of carbonyl (C=O) groups excluding carboxylic acids is 2. The molecule has 2 aromatic heterocycles. The Morgan fingerprint density at radius 2 is 2.16 bits per heavy atom. The maximum atomic E-state index is 12.6. The molecule has 2 atom stereocenters. The van der Waals surface area contributed by atoms with Crippen LogP contribution in [0, 0.1) is 5.92 Å². The van der Waals surface area contributed by atoms with Gasteiger partial charge >= 0.3 is 6.09 Å². The monoisotopic (exact) mass is 442 g/mol. The van der Waals surface area contributed by atoms with Gasteiger partial charge in [0.05, 0.1) is 12.3 Å². The van der Waals surface area contributed by atoms with Gasteiger partial charge in [-0.2, -0.15) is 0 Å². The summed E-state index contributed by atoms with van der Waals surface area (Å²) in [7, 11) is 0. The van der Waals surface area contributed by atoms with Crippen molar-refractivity contribution in [1.82, 2.24) is 9.88 Å². The Kier molecular flexibility index (Phi) is 6.75.